The maximum Gasteiger partial charge on any atom is 0.417 e. The second kappa shape index (κ2) is 3.12. The van der Waals surface area contributed by atoms with Gasteiger partial charge in [0.1, 0.15) is 0 Å². The minimum absolute atomic E-state index is 0.444. The standard InChI is InChI=1S/C10H4N2O2/c11-5-1-2-7-3-4-8-9(6-7)14-10(13)12-8/h3-4,6H,(H,12,13). The number of oxazole rings is 1. The lowest BCUT2D eigenvalue weighted by Gasteiger charge is -1.87. The van der Waals surface area contributed by atoms with Crippen molar-refractivity contribution in [3.05, 3.63) is 34.3 Å². The van der Waals surface area contributed by atoms with Gasteiger partial charge in [0.25, 0.3) is 0 Å². The third-order valence-corrected chi connectivity index (χ3v) is 1.68. The molecule has 0 radical (unpaired) electrons. The number of nitriles is 1. The molecular formula is C10H4N2O2. The van der Waals surface area contributed by atoms with Gasteiger partial charge in [-0.15, -0.1) is 0 Å². The largest absolute Gasteiger partial charge is 0.417 e. The van der Waals surface area contributed by atoms with Crippen LogP contribution in [0, 0.1) is 23.2 Å². The molecule has 0 saturated carbocycles. The lowest BCUT2D eigenvalue weighted by molar-refractivity contribution is 0.555. The summed E-state index contributed by atoms with van der Waals surface area (Å²) in [6.45, 7) is 0. The highest BCUT2D eigenvalue weighted by Gasteiger charge is 1.99. The Hall–Kier alpha value is -2.46. The van der Waals surface area contributed by atoms with Crippen LogP contribution < -0.4 is 5.76 Å². The lowest BCUT2D eigenvalue weighted by Crippen LogP contribution is -1.92. The Morgan fingerprint density at radius 2 is 2.29 bits per heavy atom. The zero-order valence-electron chi connectivity index (χ0n) is 7.00. The Bertz CT molecular complexity index is 632. The van der Waals surface area contributed by atoms with Gasteiger partial charge in [-0.05, 0) is 18.2 Å². The molecule has 66 valence electrons. The Kier molecular flexibility index (Phi) is 1.82. The Morgan fingerprint density at radius 1 is 1.43 bits per heavy atom. The summed E-state index contributed by atoms with van der Waals surface area (Å²) >= 11 is 0. The maximum absolute atomic E-state index is 10.8. The van der Waals surface area contributed by atoms with E-state index in [0.29, 0.717) is 16.7 Å². The summed E-state index contributed by atoms with van der Waals surface area (Å²) in [6.07, 6.45) is 0. The van der Waals surface area contributed by atoms with Gasteiger partial charge in [-0.1, -0.05) is 5.92 Å². The van der Waals surface area contributed by atoms with Crippen LogP contribution in [-0.2, 0) is 0 Å². The summed E-state index contributed by atoms with van der Waals surface area (Å²) in [5, 5.41) is 8.24. The van der Waals surface area contributed by atoms with Crippen molar-refractivity contribution in [1.82, 2.24) is 4.98 Å². The molecule has 0 aliphatic rings. The first-order valence-corrected chi connectivity index (χ1v) is 3.82. The summed E-state index contributed by atoms with van der Waals surface area (Å²) in [7, 11) is 0. The van der Waals surface area contributed by atoms with E-state index >= 15 is 0 Å². The van der Waals surface area contributed by atoms with Gasteiger partial charge in [0.2, 0.25) is 0 Å². The topological polar surface area (TPSA) is 69.8 Å². The van der Waals surface area contributed by atoms with E-state index in [1.54, 1.807) is 24.3 Å². The van der Waals surface area contributed by atoms with E-state index in [4.69, 9.17) is 9.68 Å². The number of rotatable bonds is 0. The van der Waals surface area contributed by atoms with Crippen LogP contribution in [0.3, 0.4) is 0 Å². The Morgan fingerprint density at radius 3 is 3.07 bits per heavy atom. The molecule has 1 N–H and O–H groups in total. The van der Waals surface area contributed by atoms with Gasteiger partial charge in [0.15, 0.2) is 11.7 Å². The highest BCUT2D eigenvalue weighted by Crippen LogP contribution is 2.11. The van der Waals surface area contributed by atoms with Crippen LogP contribution in [0.2, 0.25) is 0 Å². The summed E-state index contributed by atoms with van der Waals surface area (Å²) < 4.78 is 4.83. The molecule has 2 rings (SSSR count). The van der Waals surface area contributed by atoms with Crippen LogP contribution in [0.4, 0.5) is 0 Å². The second-order valence-corrected chi connectivity index (χ2v) is 2.59. The average Bonchev–Trinajstić information content (AvgIpc) is 2.54. The SMILES string of the molecule is N#CC#Cc1ccc2[nH]c(=O)oc2c1. The molecule has 0 aliphatic carbocycles. The van der Waals surface area contributed by atoms with Crippen molar-refractivity contribution in [1.29, 1.82) is 5.26 Å². The van der Waals surface area contributed by atoms with E-state index < -0.39 is 5.76 Å². The number of hydrogen-bond donors (Lipinski definition) is 1. The van der Waals surface area contributed by atoms with Gasteiger partial charge < -0.3 is 4.42 Å². The van der Waals surface area contributed by atoms with Crippen molar-refractivity contribution >= 4 is 11.1 Å². The maximum atomic E-state index is 10.8. The number of H-pyrrole nitrogens is 1. The van der Waals surface area contributed by atoms with Gasteiger partial charge in [-0.2, -0.15) is 5.26 Å². The summed E-state index contributed by atoms with van der Waals surface area (Å²) in [5.74, 6) is 4.38. The zero-order valence-corrected chi connectivity index (χ0v) is 7.00. The van der Waals surface area contributed by atoms with Crippen molar-refractivity contribution in [2.45, 2.75) is 0 Å². The molecule has 4 heteroatoms. The fraction of sp³-hybridized carbons (Fsp3) is 0. The number of nitrogens with one attached hydrogen (secondary N) is 1. The van der Waals surface area contributed by atoms with E-state index in [0.717, 1.165) is 0 Å². The third kappa shape index (κ3) is 1.37. The Labute approximate surface area is 78.8 Å². The molecular weight excluding hydrogens is 180 g/mol. The molecule has 0 spiro atoms. The zero-order chi connectivity index (χ0) is 9.97. The van der Waals surface area contributed by atoms with Crippen LogP contribution in [0.15, 0.2) is 27.4 Å². The first-order valence-electron chi connectivity index (χ1n) is 3.82. The van der Waals surface area contributed by atoms with Crippen LogP contribution in [-0.4, -0.2) is 4.98 Å². The fourth-order valence-corrected chi connectivity index (χ4v) is 1.12. The monoisotopic (exact) mass is 184 g/mol. The highest BCUT2D eigenvalue weighted by molar-refractivity contribution is 5.74. The van der Waals surface area contributed by atoms with E-state index in [1.165, 1.54) is 0 Å². The molecule has 0 bridgehead atoms. The first-order chi connectivity index (χ1) is 6.79. The van der Waals surface area contributed by atoms with Gasteiger partial charge >= 0.3 is 5.76 Å². The Balaban J connectivity index is 2.62. The van der Waals surface area contributed by atoms with Crippen LogP contribution >= 0.6 is 0 Å². The van der Waals surface area contributed by atoms with Crippen molar-refractivity contribution < 1.29 is 4.42 Å². The van der Waals surface area contributed by atoms with Gasteiger partial charge in [0.05, 0.1) is 5.52 Å². The fourth-order valence-electron chi connectivity index (χ4n) is 1.12. The molecule has 0 amide bonds. The summed E-state index contributed by atoms with van der Waals surface area (Å²) in [6, 6.07) is 6.71. The van der Waals surface area contributed by atoms with Crippen molar-refractivity contribution in [2.75, 3.05) is 0 Å². The molecule has 1 aromatic heterocycles. The molecule has 0 saturated heterocycles. The quantitative estimate of drug-likeness (QED) is 0.621. The predicted octanol–water partition coefficient (Wildman–Crippen LogP) is 0.996. The molecule has 0 atom stereocenters. The average molecular weight is 184 g/mol. The molecule has 1 heterocycles. The molecule has 0 fully saturated rings. The predicted molar refractivity (Wildman–Crippen MR) is 49.3 cm³/mol. The molecule has 0 aliphatic heterocycles. The number of hydrogen-bond acceptors (Lipinski definition) is 3. The van der Waals surface area contributed by atoms with Gasteiger partial charge in [0, 0.05) is 11.5 Å². The third-order valence-electron chi connectivity index (χ3n) is 1.68. The first kappa shape index (κ1) is 8.15. The van der Waals surface area contributed by atoms with E-state index in [9.17, 15) is 4.79 Å². The highest BCUT2D eigenvalue weighted by atomic mass is 16.4. The smallest absolute Gasteiger partial charge is 0.408 e. The van der Waals surface area contributed by atoms with Crippen molar-refractivity contribution in [3.63, 3.8) is 0 Å². The molecule has 1 aromatic carbocycles. The second-order valence-electron chi connectivity index (χ2n) is 2.59. The molecule has 0 unspecified atom stereocenters. The molecule has 2 aromatic rings. The number of nitrogens with zero attached hydrogens (tertiary/aromatic N) is 1. The molecule has 4 nitrogen and oxygen atoms in total. The number of benzene rings is 1. The lowest BCUT2D eigenvalue weighted by atomic mass is 10.2. The van der Waals surface area contributed by atoms with Crippen molar-refractivity contribution in [2.24, 2.45) is 0 Å². The summed E-state index contributed by atoms with van der Waals surface area (Å²) in [4.78, 5) is 13.3. The van der Waals surface area contributed by atoms with Crippen LogP contribution in [0.5, 0.6) is 0 Å². The number of aromatic nitrogens is 1. The van der Waals surface area contributed by atoms with Crippen molar-refractivity contribution in [3.8, 4) is 17.9 Å². The minimum Gasteiger partial charge on any atom is -0.408 e. The molecule has 14 heavy (non-hydrogen) atoms. The summed E-state index contributed by atoms with van der Waals surface area (Å²) in [5.41, 5.74) is 1.71. The minimum atomic E-state index is -0.495. The van der Waals surface area contributed by atoms with Crippen LogP contribution in [0.25, 0.3) is 11.1 Å². The van der Waals surface area contributed by atoms with Gasteiger partial charge in [-0.3, -0.25) is 4.98 Å². The van der Waals surface area contributed by atoms with E-state index in [1.807, 2.05) is 0 Å². The van der Waals surface area contributed by atoms with Gasteiger partial charge in [-0.25, -0.2) is 4.79 Å². The van der Waals surface area contributed by atoms with Crippen LogP contribution in [0.1, 0.15) is 5.56 Å². The van der Waals surface area contributed by atoms with E-state index in [-0.39, 0.29) is 0 Å². The van der Waals surface area contributed by atoms with E-state index in [2.05, 4.69) is 16.8 Å². The number of aromatic amines is 1. The normalized spacial score (nSPS) is 9.07. The number of fused-ring (bicyclic) bond motifs is 1.